The third-order valence-corrected chi connectivity index (χ3v) is 2.38. The highest BCUT2D eigenvalue weighted by Gasteiger charge is 2.34. The number of hydrogen-bond donors (Lipinski definition) is 2. The highest BCUT2D eigenvalue weighted by atomic mass is 16.4. The molecule has 0 fully saturated rings. The van der Waals surface area contributed by atoms with E-state index in [-0.39, 0.29) is 12.3 Å². The van der Waals surface area contributed by atoms with Crippen molar-refractivity contribution in [3.8, 4) is 0 Å². The number of carboxylic acids is 2. The zero-order valence-corrected chi connectivity index (χ0v) is 9.30. The van der Waals surface area contributed by atoms with Gasteiger partial charge in [0.2, 0.25) is 0 Å². The van der Waals surface area contributed by atoms with Gasteiger partial charge in [-0.3, -0.25) is 9.59 Å². The Morgan fingerprint density at radius 2 is 1.73 bits per heavy atom. The number of aliphatic carboxylic acids is 2. The van der Waals surface area contributed by atoms with Gasteiger partial charge in [-0.15, -0.1) is 0 Å². The summed E-state index contributed by atoms with van der Waals surface area (Å²) in [6, 6.07) is 0. The van der Waals surface area contributed by atoms with Crippen LogP contribution in [0.2, 0.25) is 0 Å². The van der Waals surface area contributed by atoms with Gasteiger partial charge in [0.15, 0.2) is 0 Å². The SMILES string of the molecule is C/C=C/CC(C(=O)O)C(C(=O)O)C(C)C. The van der Waals surface area contributed by atoms with E-state index < -0.39 is 23.8 Å². The average Bonchev–Trinajstić information content (AvgIpc) is 2.09. The lowest BCUT2D eigenvalue weighted by Crippen LogP contribution is -2.33. The van der Waals surface area contributed by atoms with Gasteiger partial charge in [0.25, 0.3) is 0 Å². The minimum atomic E-state index is -1.05. The van der Waals surface area contributed by atoms with E-state index in [1.807, 2.05) is 0 Å². The first-order chi connectivity index (χ1) is 6.91. The van der Waals surface area contributed by atoms with Gasteiger partial charge in [-0.25, -0.2) is 0 Å². The molecule has 2 atom stereocenters. The van der Waals surface area contributed by atoms with Crippen molar-refractivity contribution < 1.29 is 19.8 Å². The molecule has 0 saturated heterocycles. The molecule has 0 aromatic heterocycles. The molecule has 2 N–H and O–H groups in total. The van der Waals surface area contributed by atoms with Crippen LogP contribution in [0.4, 0.5) is 0 Å². The van der Waals surface area contributed by atoms with Crippen LogP contribution < -0.4 is 0 Å². The Kier molecular flexibility index (Phi) is 5.67. The third kappa shape index (κ3) is 4.14. The fourth-order valence-electron chi connectivity index (χ4n) is 1.61. The van der Waals surface area contributed by atoms with E-state index in [0.717, 1.165) is 0 Å². The molecule has 0 saturated carbocycles. The van der Waals surface area contributed by atoms with Crippen LogP contribution in [0.15, 0.2) is 12.2 Å². The maximum absolute atomic E-state index is 11.0. The summed E-state index contributed by atoms with van der Waals surface area (Å²) in [5.74, 6) is -3.96. The summed E-state index contributed by atoms with van der Waals surface area (Å²) in [5.41, 5.74) is 0. The second-order valence-electron chi connectivity index (χ2n) is 3.86. The summed E-state index contributed by atoms with van der Waals surface area (Å²) < 4.78 is 0. The van der Waals surface area contributed by atoms with E-state index in [9.17, 15) is 9.59 Å². The van der Waals surface area contributed by atoms with Gasteiger partial charge in [-0.2, -0.15) is 0 Å². The number of carboxylic acid groups (broad SMARTS) is 2. The minimum Gasteiger partial charge on any atom is -0.481 e. The predicted molar refractivity (Wildman–Crippen MR) is 56.5 cm³/mol. The van der Waals surface area contributed by atoms with Gasteiger partial charge in [-0.05, 0) is 19.3 Å². The first-order valence-corrected chi connectivity index (χ1v) is 4.98. The molecule has 2 unspecified atom stereocenters. The second-order valence-corrected chi connectivity index (χ2v) is 3.86. The zero-order valence-electron chi connectivity index (χ0n) is 9.30. The predicted octanol–water partition coefficient (Wildman–Crippen LogP) is 2.01. The second kappa shape index (κ2) is 6.22. The van der Waals surface area contributed by atoms with Gasteiger partial charge < -0.3 is 10.2 Å². The summed E-state index contributed by atoms with van der Waals surface area (Å²) in [6.45, 7) is 5.23. The maximum atomic E-state index is 11.0. The van der Waals surface area contributed by atoms with Crippen molar-refractivity contribution in [2.75, 3.05) is 0 Å². The Hall–Kier alpha value is -1.32. The maximum Gasteiger partial charge on any atom is 0.307 e. The standard InChI is InChI=1S/C11H18O4/c1-4-5-6-8(10(12)13)9(7(2)3)11(14)15/h4-5,7-9H,6H2,1-3H3,(H,12,13)(H,14,15)/b5-4+. The van der Waals surface area contributed by atoms with E-state index in [0.29, 0.717) is 0 Å². The topological polar surface area (TPSA) is 74.6 Å². The summed E-state index contributed by atoms with van der Waals surface area (Å²) in [6.07, 6.45) is 3.69. The van der Waals surface area contributed by atoms with Crippen molar-refractivity contribution in [2.24, 2.45) is 17.8 Å². The molecule has 0 aromatic rings. The fourth-order valence-corrected chi connectivity index (χ4v) is 1.61. The first kappa shape index (κ1) is 13.7. The largest absolute Gasteiger partial charge is 0.481 e. The van der Waals surface area contributed by atoms with Crippen molar-refractivity contribution in [3.05, 3.63) is 12.2 Å². The Morgan fingerprint density at radius 1 is 1.20 bits per heavy atom. The van der Waals surface area contributed by atoms with Crippen molar-refractivity contribution >= 4 is 11.9 Å². The van der Waals surface area contributed by atoms with Crippen LogP contribution in [0.25, 0.3) is 0 Å². The first-order valence-electron chi connectivity index (χ1n) is 4.98. The molecule has 0 heterocycles. The number of allylic oxidation sites excluding steroid dienone is 2. The van der Waals surface area contributed by atoms with Gasteiger partial charge in [0, 0.05) is 0 Å². The van der Waals surface area contributed by atoms with Gasteiger partial charge in [0.1, 0.15) is 0 Å². The normalized spacial score (nSPS) is 15.5. The quantitative estimate of drug-likeness (QED) is 0.663. The lowest BCUT2D eigenvalue weighted by molar-refractivity contribution is -0.155. The summed E-state index contributed by atoms with van der Waals surface area (Å²) in [4.78, 5) is 21.9. The Labute approximate surface area is 89.6 Å². The van der Waals surface area contributed by atoms with Crippen LogP contribution in [0.3, 0.4) is 0 Å². The molecule has 15 heavy (non-hydrogen) atoms. The van der Waals surface area contributed by atoms with Gasteiger partial charge >= 0.3 is 11.9 Å². The van der Waals surface area contributed by atoms with E-state index in [4.69, 9.17) is 10.2 Å². The highest BCUT2D eigenvalue weighted by molar-refractivity contribution is 5.80. The van der Waals surface area contributed by atoms with E-state index in [1.165, 1.54) is 0 Å². The molecule has 0 aliphatic rings. The smallest absolute Gasteiger partial charge is 0.307 e. The van der Waals surface area contributed by atoms with Crippen LogP contribution in [0.1, 0.15) is 27.2 Å². The van der Waals surface area contributed by atoms with Crippen molar-refractivity contribution in [2.45, 2.75) is 27.2 Å². The molecular weight excluding hydrogens is 196 g/mol. The minimum absolute atomic E-state index is 0.186. The molecule has 0 radical (unpaired) electrons. The van der Waals surface area contributed by atoms with E-state index >= 15 is 0 Å². The van der Waals surface area contributed by atoms with E-state index in [1.54, 1.807) is 32.9 Å². The molecule has 0 aromatic carbocycles. The van der Waals surface area contributed by atoms with Crippen LogP contribution in [-0.4, -0.2) is 22.2 Å². The Balaban J connectivity index is 4.83. The van der Waals surface area contributed by atoms with Gasteiger partial charge in [0.05, 0.1) is 11.8 Å². The van der Waals surface area contributed by atoms with Crippen LogP contribution >= 0.6 is 0 Å². The van der Waals surface area contributed by atoms with Gasteiger partial charge in [-0.1, -0.05) is 26.0 Å². The molecule has 0 aliphatic heterocycles. The number of hydrogen-bond acceptors (Lipinski definition) is 2. The molecule has 86 valence electrons. The number of rotatable bonds is 6. The van der Waals surface area contributed by atoms with Crippen molar-refractivity contribution in [1.29, 1.82) is 0 Å². The average molecular weight is 214 g/mol. The van der Waals surface area contributed by atoms with Crippen LogP contribution in [-0.2, 0) is 9.59 Å². The third-order valence-electron chi connectivity index (χ3n) is 2.38. The highest BCUT2D eigenvalue weighted by Crippen LogP contribution is 2.25. The lowest BCUT2D eigenvalue weighted by Gasteiger charge is -2.22. The monoisotopic (exact) mass is 214 g/mol. The zero-order chi connectivity index (χ0) is 12.0. The Bertz CT molecular complexity index is 255. The molecule has 0 rings (SSSR count). The molecular formula is C11H18O4. The molecule has 4 heteroatoms. The fraction of sp³-hybridized carbons (Fsp3) is 0.636. The summed E-state index contributed by atoms with van der Waals surface area (Å²) in [7, 11) is 0. The molecule has 0 amide bonds. The van der Waals surface area contributed by atoms with E-state index in [2.05, 4.69) is 0 Å². The number of carbonyl (C=O) groups is 2. The van der Waals surface area contributed by atoms with Crippen molar-refractivity contribution in [3.63, 3.8) is 0 Å². The molecule has 0 aliphatic carbocycles. The molecule has 0 spiro atoms. The molecule has 0 bridgehead atoms. The van der Waals surface area contributed by atoms with Crippen molar-refractivity contribution in [1.82, 2.24) is 0 Å². The summed E-state index contributed by atoms with van der Waals surface area (Å²) >= 11 is 0. The van der Waals surface area contributed by atoms with Crippen LogP contribution in [0, 0.1) is 17.8 Å². The Morgan fingerprint density at radius 3 is 2.00 bits per heavy atom. The van der Waals surface area contributed by atoms with Crippen LogP contribution in [0.5, 0.6) is 0 Å². The lowest BCUT2D eigenvalue weighted by atomic mass is 9.81. The summed E-state index contributed by atoms with van der Waals surface area (Å²) in [5, 5.41) is 17.9. The molecule has 4 nitrogen and oxygen atoms in total.